The number of carbonyl (C=O) groups excluding carboxylic acids is 1. The molecule has 0 saturated heterocycles. The van der Waals surface area contributed by atoms with E-state index in [-0.39, 0.29) is 31.0 Å². The molecule has 0 spiro atoms. The Morgan fingerprint density at radius 3 is 2.54 bits per heavy atom. The monoisotopic (exact) mass is 348 g/mol. The quantitative estimate of drug-likeness (QED) is 0.830. The number of nitriles is 2. The Kier molecular flexibility index (Phi) is 5.93. The molecule has 6 nitrogen and oxygen atoms in total. The van der Waals surface area contributed by atoms with Crippen molar-refractivity contribution < 1.29 is 4.79 Å². The lowest BCUT2D eigenvalue weighted by Gasteiger charge is -2.25. The van der Waals surface area contributed by atoms with Crippen LogP contribution in [0, 0.1) is 43.4 Å². The molecule has 0 unspecified atom stereocenters. The van der Waals surface area contributed by atoms with E-state index in [9.17, 15) is 9.59 Å². The zero-order chi connectivity index (χ0) is 19.3. The highest BCUT2D eigenvalue weighted by molar-refractivity contribution is 5.94. The summed E-state index contributed by atoms with van der Waals surface area (Å²) in [6.45, 7) is 5.61. The van der Waals surface area contributed by atoms with Crippen LogP contribution in [0.15, 0.2) is 35.3 Å². The van der Waals surface area contributed by atoms with E-state index < -0.39 is 5.56 Å². The standard InChI is InChI=1S/C20H20N4O2/c1-14-6-4-7-18(16(14)3)24(10-5-9-21)19(25)13-23-11-8-15(2)17(12-22)20(23)26/h4,6-8,11H,5,10,13H2,1-3H3. The fourth-order valence-electron chi connectivity index (χ4n) is 2.73. The second-order valence-electron chi connectivity index (χ2n) is 6.09. The van der Waals surface area contributed by atoms with Gasteiger partial charge < -0.3 is 9.47 Å². The van der Waals surface area contributed by atoms with Gasteiger partial charge in [0, 0.05) is 18.4 Å². The molecule has 2 rings (SSSR count). The van der Waals surface area contributed by atoms with Crippen molar-refractivity contribution in [2.75, 3.05) is 11.4 Å². The largest absolute Gasteiger partial charge is 0.310 e. The second kappa shape index (κ2) is 8.13. The zero-order valence-corrected chi connectivity index (χ0v) is 15.1. The fraction of sp³-hybridized carbons (Fsp3) is 0.300. The van der Waals surface area contributed by atoms with Crippen LogP contribution in [0.5, 0.6) is 0 Å². The maximum atomic E-state index is 12.9. The minimum Gasteiger partial charge on any atom is -0.310 e. The maximum Gasteiger partial charge on any atom is 0.269 e. The molecule has 1 heterocycles. The molecule has 2 aromatic rings. The first-order valence-electron chi connectivity index (χ1n) is 8.24. The van der Waals surface area contributed by atoms with E-state index in [0.717, 1.165) is 16.8 Å². The van der Waals surface area contributed by atoms with Gasteiger partial charge in [0.15, 0.2) is 0 Å². The van der Waals surface area contributed by atoms with Crippen LogP contribution in [0.3, 0.4) is 0 Å². The molecule has 0 atom stereocenters. The Hall–Kier alpha value is -3.38. The van der Waals surface area contributed by atoms with Crippen molar-refractivity contribution in [1.82, 2.24) is 4.57 Å². The summed E-state index contributed by atoms with van der Waals surface area (Å²) in [5, 5.41) is 18.1. The lowest BCUT2D eigenvalue weighted by atomic mass is 10.1. The first kappa shape index (κ1) is 19.0. The molecular formula is C20H20N4O2. The number of aromatic nitrogens is 1. The second-order valence-corrected chi connectivity index (χ2v) is 6.09. The van der Waals surface area contributed by atoms with Gasteiger partial charge >= 0.3 is 0 Å². The average molecular weight is 348 g/mol. The van der Waals surface area contributed by atoms with Gasteiger partial charge in [-0.1, -0.05) is 12.1 Å². The molecule has 0 bridgehead atoms. The first-order valence-corrected chi connectivity index (χ1v) is 8.24. The van der Waals surface area contributed by atoms with Crippen LogP contribution < -0.4 is 10.5 Å². The highest BCUT2D eigenvalue weighted by Gasteiger charge is 2.19. The van der Waals surface area contributed by atoms with Gasteiger partial charge in [-0.2, -0.15) is 10.5 Å². The van der Waals surface area contributed by atoms with E-state index in [0.29, 0.717) is 5.56 Å². The summed E-state index contributed by atoms with van der Waals surface area (Å²) in [7, 11) is 0. The molecule has 1 amide bonds. The third kappa shape index (κ3) is 3.81. The number of aryl methyl sites for hydroxylation is 2. The Morgan fingerprint density at radius 2 is 1.88 bits per heavy atom. The maximum absolute atomic E-state index is 12.9. The number of amides is 1. The first-order chi connectivity index (χ1) is 12.4. The topological polar surface area (TPSA) is 89.9 Å². The predicted octanol–water partition coefficient (Wildman–Crippen LogP) is 2.59. The number of carbonyl (C=O) groups is 1. The number of pyridine rings is 1. The van der Waals surface area contributed by atoms with E-state index in [1.807, 2.05) is 38.1 Å². The van der Waals surface area contributed by atoms with Crippen molar-refractivity contribution in [2.24, 2.45) is 0 Å². The van der Waals surface area contributed by atoms with Crippen LogP contribution in [-0.2, 0) is 11.3 Å². The zero-order valence-electron chi connectivity index (χ0n) is 15.1. The van der Waals surface area contributed by atoms with Gasteiger partial charge in [0.2, 0.25) is 5.91 Å². The predicted molar refractivity (Wildman–Crippen MR) is 98.7 cm³/mol. The van der Waals surface area contributed by atoms with Gasteiger partial charge in [-0.05, 0) is 49.6 Å². The molecule has 132 valence electrons. The third-order valence-electron chi connectivity index (χ3n) is 4.41. The van der Waals surface area contributed by atoms with Crippen LogP contribution in [0.1, 0.15) is 28.7 Å². The van der Waals surface area contributed by atoms with Gasteiger partial charge in [-0.3, -0.25) is 9.59 Å². The molecule has 0 aliphatic carbocycles. The van der Waals surface area contributed by atoms with Crippen molar-refractivity contribution in [2.45, 2.75) is 33.7 Å². The summed E-state index contributed by atoms with van der Waals surface area (Å²) in [4.78, 5) is 26.8. The minimum absolute atomic E-state index is 0.0376. The Balaban J connectivity index is 2.40. The number of anilines is 1. The Morgan fingerprint density at radius 1 is 1.15 bits per heavy atom. The van der Waals surface area contributed by atoms with E-state index in [2.05, 4.69) is 6.07 Å². The lowest BCUT2D eigenvalue weighted by Crippen LogP contribution is -2.38. The van der Waals surface area contributed by atoms with Crippen LogP contribution in [0.4, 0.5) is 5.69 Å². The normalized spacial score (nSPS) is 10.0. The smallest absolute Gasteiger partial charge is 0.269 e. The fourth-order valence-corrected chi connectivity index (χ4v) is 2.73. The lowest BCUT2D eigenvalue weighted by molar-refractivity contribution is -0.119. The van der Waals surface area contributed by atoms with Gasteiger partial charge in [0.05, 0.1) is 12.5 Å². The number of benzene rings is 1. The number of rotatable bonds is 5. The molecule has 6 heteroatoms. The van der Waals surface area contributed by atoms with Crippen molar-refractivity contribution in [3.05, 3.63) is 63.1 Å². The average Bonchev–Trinajstić information content (AvgIpc) is 2.61. The Labute approximate surface area is 152 Å². The van der Waals surface area contributed by atoms with E-state index >= 15 is 0 Å². The van der Waals surface area contributed by atoms with E-state index in [4.69, 9.17) is 10.5 Å². The highest BCUT2D eigenvalue weighted by Crippen LogP contribution is 2.23. The minimum atomic E-state index is -0.484. The molecule has 0 radical (unpaired) electrons. The number of hydrogen-bond acceptors (Lipinski definition) is 4. The number of hydrogen-bond donors (Lipinski definition) is 0. The van der Waals surface area contributed by atoms with Crippen LogP contribution >= 0.6 is 0 Å². The van der Waals surface area contributed by atoms with Crippen LogP contribution in [-0.4, -0.2) is 17.0 Å². The van der Waals surface area contributed by atoms with Crippen molar-refractivity contribution in [1.29, 1.82) is 10.5 Å². The van der Waals surface area contributed by atoms with Gasteiger partial charge in [0.25, 0.3) is 5.56 Å². The van der Waals surface area contributed by atoms with Crippen molar-refractivity contribution in [3.63, 3.8) is 0 Å². The summed E-state index contributed by atoms with van der Waals surface area (Å²) in [5.41, 5.74) is 2.85. The SMILES string of the molecule is Cc1cccc(N(CCC#N)C(=O)Cn2ccc(C)c(C#N)c2=O)c1C. The molecule has 1 aromatic carbocycles. The molecule has 0 aliphatic rings. The summed E-state index contributed by atoms with van der Waals surface area (Å²) in [6, 6.07) is 11.2. The van der Waals surface area contributed by atoms with E-state index in [1.54, 1.807) is 13.0 Å². The van der Waals surface area contributed by atoms with E-state index in [1.165, 1.54) is 15.7 Å². The van der Waals surface area contributed by atoms with Gasteiger partial charge in [-0.25, -0.2) is 0 Å². The van der Waals surface area contributed by atoms with Crippen LogP contribution in [0.2, 0.25) is 0 Å². The van der Waals surface area contributed by atoms with Crippen LogP contribution in [0.25, 0.3) is 0 Å². The highest BCUT2D eigenvalue weighted by atomic mass is 16.2. The molecule has 0 fully saturated rings. The molecule has 0 aliphatic heterocycles. The summed E-state index contributed by atoms with van der Waals surface area (Å²) >= 11 is 0. The molecule has 26 heavy (non-hydrogen) atoms. The van der Waals surface area contributed by atoms with Crippen molar-refractivity contribution in [3.8, 4) is 12.1 Å². The third-order valence-corrected chi connectivity index (χ3v) is 4.41. The summed E-state index contributed by atoms with van der Waals surface area (Å²) in [6.07, 6.45) is 1.70. The molecule has 0 saturated carbocycles. The molecule has 1 aromatic heterocycles. The molecule has 0 N–H and O–H groups in total. The molecular weight excluding hydrogens is 328 g/mol. The summed E-state index contributed by atoms with van der Waals surface area (Å²) < 4.78 is 1.23. The Bertz CT molecular complexity index is 977. The van der Waals surface area contributed by atoms with Gasteiger partial charge in [0.1, 0.15) is 18.2 Å². The van der Waals surface area contributed by atoms with Crippen molar-refractivity contribution >= 4 is 11.6 Å². The van der Waals surface area contributed by atoms with Gasteiger partial charge in [-0.15, -0.1) is 0 Å². The summed E-state index contributed by atoms with van der Waals surface area (Å²) in [5.74, 6) is -0.302. The number of nitrogens with zero attached hydrogens (tertiary/aromatic N) is 4.